The number of fused-ring (bicyclic) bond motifs is 1. The average Bonchev–Trinajstić information content (AvgIpc) is 3.05. The Kier molecular flexibility index (Phi) is 3.15. The second kappa shape index (κ2) is 4.98. The van der Waals surface area contributed by atoms with Crippen molar-refractivity contribution in [1.82, 2.24) is 9.61 Å². The number of nitrogens with zero attached hydrogens (tertiary/aromatic N) is 2. The first-order valence-electron chi connectivity index (χ1n) is 5.82. The smallest absolute Gasteiger partial charge is 0.338 e. The van der Waals surface area contributed by atoms with Gasteiger partial charge in [0.25, 0.3) is 5.91 Å². The van der Waals surface area contributed by atoms with E-state index >= 15 is 0 Å². The van der Waals surface area contributed by atoms with Crippen molar-refractivity contribution in [3.8, 4) is 0 Å². The van der Waals surface area contributed by atoms with Gasteiger partial charge in [-0.1, -0.05) is 0 Å². The molecule has 2 N–H and O–H groups in total. The van der Waals surface area contributed by atoms with Crippen LogP contribution in [0, 0.1) is 5.82 Å². The molecule has 106 valence electrons. The molecule has 1 amide bonds. The number of carboxylic acids is 1. The van der Waals surface area contributed by atoms with Crippen molar-refractivity contribution in [3.05, 3.63) is 52.9 Å². The maximum atomic E-state index is 13.5. The Labute approximate surface area is 121 Å². The molecule has 8 heteroatoms. The molecule has 0 saturated heterocycles. The number of amides is 1. The number of pyridine rings is 1. The van der Waals surface area contributed by atoms with Gasteiger partial charge in [0.05, 0.1) is 5.56 Å². The number of hydrogen-bond donors (Lipinski definition) is 2. The SMILES string of the molecule is O=C(Nc1sccc1C(=O)O)c1cc2c(F)cccn2n1. The summed E-state index contributed by atoms with van der Waals surface area (Å²) in [4.78, 5) is 23.0. The lowest BCUT2D eigenvalue weighted by atomic mass is 10.3. The van der Waals surface area contributed by atoms with Crippen molar-refractivity contribution < 1.29 is 19.1 Å². The first-order chi connectivity index (χ1) is 10.1. The molecule has 0 radical (unpaired) electrons. The molecule has 21 heavy (non-hydrogen) atoms. The molecule has 0 aliphatic carbocycles. The molecule has 3 rings (SSSR count). The molecule has 0 aliphatic rings. The van der Waals surface area contributed by atoms with Gasteiger partial charge in [-0.15, -0.1) is 11.3 Å². The minimum atomic E-state index is -1.13. The maximum absolute atomic E-state index is 13.5. The molecule has 6 nitrogen and oxygen atoms in total. The molecule has 0 atom stereocenters. The van der Waals surface area contributed by atoms with Crippen molar-refractivity contribution in [2.45, 2.75) is 0 Å². The molecule has 0 saturated carbocycles. The summed E-state index contributed by atoms with van der Waals surface area (Å²) >= 11 is 1.09. The molecule has 3 aromatic rings. The molecule has 0 aliphatic heterocycles. The Bertz CT molecular complexity index is 855. The highest BCUT2D eigenvalue weighted by Crippen LogP contribution is 2.24. The van der Waals surface area contributed by atoms with E-state index in [1.54, 1.807) is 5.38 Å². The van der Waals surface area contributed by atoms with Crippen LogP contribution in [-0.2, 0) is 0 Å². The van der Waals surface area contributed by atoms with Gasteiger partial charge in [0.2, 0.25) is 0 Å². The van der Waals surface area contributed by atoms with Crippen LogP contribution in [0.1, 0.15) is 20.8 Å². The number of aromatic carboxylic acids is 1. The van der Waals surface area contributed by atoms with Crippen LogP contribution in [0.2, 0.25) is 0 Å². The first-order valence-corrected chi connectivity index (χ1v) is 6.70. The highest BCUT2D eigenvalue weighted by atomic mass is 32.1. The van der Waals surface area contributed by atoms with E-state index in [-0.39, 0.29) is 21.8 Å². The third kappa shape index (κ3) is 2.36. The molecular weight excluding hydrogens is 297 g/mol. The second-order valence-electron chi connectivity index (χ2n) is 4.14. The summed E-state index contributed by atoms with van der Waals surface area (Å²) in [6.45, 7) is 0. The zero-order chi connectivity index (χ0) is 15.0. The van der Waals surface area contributed by atoms with E-state index in [4.69, 9.17) is 5.11 Å². The summed E-state index contributed by atoms with van der Waals surface area (Å²) in [5.41, 5.74) is 0.181. The first kappa shape index (κ1) is 13.3. The van der Waals surface area contributed by atoms with Crippen molar-refractivity contribution >= 4 is 33.7 Å². The largest absolute Gasteiger partial charge is 0.478 e. The predicted molar refractivity (Wildman–Crippen MR) is 74.4 cm³/mol. The van der Waals surface area contributed by atoms with Crippen LogP contribution in [0.15, 0.2) is 35.8 Å². The molecule has 0 spiro atoms. The predicted octanol–water partition coefficient (Wildman–Crippen LogP) is 2.49. The number of carbonyl (C=O) groups excluding carboxylic acids is 1. The standard InChI is InChI=1S/C13H8FN3O3S/c14-8-2-1-4-17-10(8)6-9(16-17)11(18)15-12-7(13(19)20)3-5-21-12/h1-6H,(H,15,18)(H,19,20). The van der Waals surface area contributed by atoms with Gasteiger partial charge in [-0.3, -0.25) is 4.79 Å². The Morgan fingerprint density at radius 1 is 1.38 bits per heavy atom. The quantitative estimate of drug-likeness (QED) is 0.778. The maximum Gasteiger partial charge on any atom is 0.338 e. The number of aromatic nitrogens is 2. The molecule has 3 heterocycles. The Hall–Kier alpha value is -2.74. The topological polar surface area (TPSA) is 83.7 Å². The van der Waals surface area contributed by atoms with Crippen LogP contribution in [-0.4, -0.2) is 26.6 Å². The van der Waals surface area contributed by atoms with E-state index < -0.39 is 17.7 Å². The van der Waals surface area contributed by atoms with Crippen molar-refractivity contribution in [1.29, 1.82) is 0 Å². The van der Waals surface area contributed by atoms with Gasteiger partial charge in [-0.25, -0.2) is 13.7 Å². The Morgan fingerprint density at radius 2 is 2.19 bits per heavy atom. The number of carboxylic acid groups (broad SMARTS) is 1. The van der Waals surface area contributed by atoms with Gasteiger partial charge in [0.15, 0.2) is 5.69 Å². The van der Waals surface area contributed by atoms with Crippen molar-refractivity contribution in [3.63, 3.8) is 0 Å². The van der Waals surface area contributed by atoms with E-state index in [0.29, 0.717) is 0 Å². The summed E-state index contributed by atoms with van der Waals surface area (Å²) in [6, 6.07) is 5.43. The van der Waals surface area contributed by atoms with Crippen molar-refractivity contribution in [2.75, 3.05) is 5.32 Å². The molecular formula is C13H8FN3O3S. The second-order valence-corrected chi connectivity index (χ2v) is 5.05. The summed E-state index contributed by atoms with van der Waals surface area (Å²) in [7, 11) is 0. The van der Waals surface area contributed by atoms with E-state index in [0.717, 1.165) is 11.3 Å². The van der Waals surface area contributed by atoms with Gasteiger partial charge >= 0.3 is 5.97 Å². The molecule has 3 aromatic heterocycles. The summed E-state index contributed by atoms with van der Waals surface area (Å²) in [5, 5.41) is 17.2. The lowest BCUT2D eigenvalue weighted by Crippen LogP contribution is -2.13. The number of thiophene rings is 1. The zero-order valence-corrected chi connectivity index (χ0v) is 11.2. The average molecular weight is 305 g/mol. The minimum absolute atomic E-state index is 0.00305. The highest BCUT2D eigenvalue weighted by Gasteiger charge is 2.17. The fourth-order valence-corrected chi connectivity index (χ4v) is 2.61. The molecule has 0 fully saturated rings. The van der Waals surface area contributed by atoms with Crippen LogP contribution in [0.25, 0.3) is 5.52 Å². The van der Waals surface area contributed by atoms with Gasteiger partial charge in [0, 0.05) is 6.20 Å². The monoisotopic (exact) mass is 305 g/mol. The number of nitrogens with one attached hydrogen (secondary N) is 1. The van der Waals surface area contributed by atoms with Gasteiger partial charge in [-0.05, 0) is 29.6 Å². The van der Waals surface area contributed by atoms with E-state index in [2.05, 4.69) is 10.4 Å². The van der Waals surface area contributed by atoms with Crippen LogP contribution in [0.4, 0.5) is 9.39 Å². The van der Waals surface area contributed by atoms with Crippen LogP contribution >= 0.6 is 11.3 Å². The third-order valence-corrected chi connectivity index (χ3v) is 3.64. The normalized spacial score (nSPS) is 10.7. The van der Waals surface area contributed by atoms with Gasteiger partial charge in [0.1, 0.15) is 16.3 Å². The zero-order valence-electron chi connectivity index (χ0n) is 10.4. The third-order valence-electron chi connectivity index (χ3n) is 2.81. The fourth-order valence-electron chi connectivity index (χ4n) is 1.83. The van der Waals surface area contributed by atoms with Crippen LogP contribution in [0.5, 0.6) is 0 Å². The van der Waals surface area contributed by atoms with Gasteiger partial charge < -0.3 is 10.4 Å². The Balaban J connectivity index is 1.92. The van der Waals surface area contributed by atoms with Crippen LogP contribution < -0.4 is 5.32 Å². The number of halogens is 1. The van der Waals surface area contributed by atoms with Gasteiger partial charge in [-0.2, -0.15) is 5.10 Å². The van der Waals surface area contributed by atoms with Crippen molar-refractivity contribution in [2.24, 2.45) is 0 Å². The summed E-state index contributed by atoms with van der Waals surface area (Å²) in [6.07, 6.45) is 1.52. The number of carbonyl (C=O) groups is 2. The minimum Gasteiger partial charge on any atom is -0.478 e. The lowest BCUT2D eigenvalue weighted by molar-refractivity contribution is 0.0698. The molecule has 0 bridgehead atoms. The fraction of sp³-hybridized carbons (Fsp3) is 0. The highest BCUT2D eigenvalue weighted by molar-refractivity contribution is 7.14. The number of hydrogen-bond acceptors (Lipinski definition) is 4. The Morgan fingerprint density at radius 3 is 2.90 bits per heavy atom. The number of rotatable bonds is 3. The van der Waals surface area contributed by atoms with E-state index in [1.807, 2.05) is 0 Å². The summed E-state index contributed by atoms with van der Waals surface area (Å²) < 4.78 is 14.8. The van der Waals surface area contributed by atoms with E-state index in [1.165, 1.54) is 35.0 Å². The van der Waals surface area contributed by atoms with Crippen LogP contribution in [0.3, 0.4) is 0 Å². The summed E-state index contributed by atoms with van der Waals surface area (Å²) in [5.74, 6) is -2.22. The van der Waals surface area contributed by atoms with E-state index in [9.17, 15) is 14.0 Å². The molecule has 0 aromatic carbocycles. The lowest BCUT2D eigenvalue weighted by Gasteiger charge is -2.01. The molecule has 0 unspecified atom stereocenters. The number of anilines is 1.